The average Bonchev–Trinajstić information content (AvgIpc) is 3.21. The van der Waals surface area contributed by atoms with Crippen LogP contribution in [0.5, 0.6) is 0 Å². The smallest absolute Gasteiger partial charge is 0.409 e. The number of carbonyl (C=O) groups is 1. The van der Waals surface area contributed by atoms with Crippen molar-refractivity contribution in [1.29, 1.82) is 0 Å². The minimum Gasteiger partial charge on any atom is -0.450 e. The first-order valence-electron chi connectivity index (χ1n) is 10.7. The Morgan fingerprint density at radius 3 is 2.61 bits per heavy atom. The molecule has 31 heavy (non-hydrogen) atoms. The molecule has 0 saturated carbocycles. The van der Waals surface area contributed by atoms with Gasteiger partial charge in [0.2, 0.25) is 0 Å². The van der Waals surface area contributed by atoms with E-state index in [-0.39, 0.29) is 36.1 Å². The second kappa shape index (κ2) is 13.2. The molecule has 1 amide bonds. The quantitative estimate of drug-likeness (QED) is 0.320. The molecule has 2 N–H and O–H groups in total. The molecule has 170 valence electrons. The molecule has 0 radical (unpaired) electrons. The predicted octanol–water partition coefficient (Wildman–Crippen LogP) is 3.23. The number of carbonyl (C=O) groups excluding carboxylic acids is 1. The van der Waals surface area contributed by atoms with E-state index in [4.69, 9.17) is 9.73 Å². The SMILES string of the molecule is CCNC(=NCc1cnn(Cc2ccccc2)c1)NC1CCN(C(=O)OCC)CC1.I. The molecule has 0 aliphatic carbocycles. The van der Waals surface area contributed by atoms with Gasteiger partial charge in [0.1, 0.15) is 0 Å². The number of hydrogen-bond donors (Lipinski definition) is 2. The lowest BCUT2D eigenvalue weighted by atomic mass is 10.1. The second-order valence-corrected chi connectivity index (χ2v) is 7.33. The van der Waals surface area contributed by atoms with Crippen molar-refractivity contribution in [2.75, 3.05) is 26.2 Å². The standard InChI is InChI=1S/C22H32N6O2.HI/c1-3-23-21(26-20-10-12-27(13-11-20)22(29)30-4-2)24-14-19-15-25-28(17-19)16-18-8-6-5-7-9-18;/h5-9,15,17,20H,3-4,10-14,16H2,1-2H3,(H2,23,24,26);1H. The highest BCUT2D eigenvalue weighted by Crippen LogP contribution is 2.12. The lowest BCUT2D eigenvalue weighted by molar-refractivity contribution is 0.0963. The Balaban J connectivity index is 0.00000341. The van der Waals surface area contributed by atoms with Crippen molar-refractivity contribution in [3.05, 3.63) is 53.9 Å². The lowest BCUT2D eigenvalue weighted by Gasteiger charge is -2.32. The van der Waals surface area contributed by atoms with Crippen molar-refractivity contribution in [2.45, 2.75) is 45.8 Å². The zero-order chi connectivity index (χ0) is 21.2. The summed E-state index contributed by atoms with van der Waals surface area (Å²) in [6.45, 7) is 7.80. The van der Waals surface area contributed by atoms with E-state index >= 15 is 0 Å². The number of nitrogens with zero attached hydrogens (tertiary/aromatic N) is 4. The molecule has 8 nitrogen and oxygen atoms in total. The maximum absolute atomic E-state index is 11.8. The Hall–Kier alpha value is -2.30. The number of amides is 1. The van der Waals surface area contributed by atoms with Gasteiger partial charge in [0.15, 0.2) is 5.96 Å². The molecule has 1 fully saturated rings. The van der Waals surface area contributed by atoms with Crippen LogP contribution in [0.15, 0.2) is 47.7 Å². The molecule has 1 aliphatic heterocycles. The highest BCUT2D eigenvalue weighted by atomic mass is 127. The fourth-order valence-corrected chi connectivity index (χ4v) is 3.45. The van der Waals surface area contributed by atoms with Crippen LogP contribution in [0, 0.1) is 0 Å². The highest BCUT2D eigenvalue weighted by Gasteiger charge is 2.24. The van der Waals surface area contributed by atoms with Crippen LogP contribution in [0.1, 0.15) is 37.8 Å². The molecule has 1 aromatic carbocycles. The van der Waals surface area contributed by atoms with Crippen LogP contribution in [-0.2, 0) is 17.8 Å². The Morgan fingerprint density at radius 2 is 1.94 bits per heavy atom. The number of guanidine groups is 1. The lowest BCUT2D eigenvalue weighted by Crippen LogP contribution is -2.49. The summed E-state index contributed by atoms with van der Waals surface area (Å²) >= 11 is 0. The van der Waals surface area contributed by atoms with Gasteiger partial charge < -0.3 is 20.3 Å². The second-order valence-electron chi connectivity index (χ2n) is 7.33. The molecule has 0 atom stereocenters. The molecule has 1 aromatic heterocycles. The fraction of sp³-hybridized carbons (Fsp3) is 0.500. The number of aromatic nitrogens is 2. The van der Waals surface area contributed by atoms with Gasteiger partial charge in [-0.2, -0.15) is 5.10 Å². The van der Waals surface area contributed by atoms with Crippen molar-refractivity contribution in [2.24, 2.45) is 4.99 Å². The number of nitrogens with one attached hydrogen (secondary N) is 2. The molecule has 9 heteroatoms. The molecule has 2 heterocycles. The van der Waals surface area contributed by atoms with E-state index in [1.54, 1.807) is 4.90 Å². The van der Waals surface area contributed by atoms with Gasteiger partial charge >= 0.3 is 6.09 Å². The van der Waals surface area contributed by atoms with Crippen molar-refractivity contribution in [3.8, 4) is 0 Å². The number of hydrogen-bond acceptors (Lipinski definition) is 4. The van der Waals surface area contributed by atoms with E-state index in [1.165, 1.54) is 5.56 Å². The van der Waals surface area contributed by atoms with Gasteiger partial charge in [0.25, 0.3) is 0 Å². The highest BCUT2D eigenvalue weighted by molar-refractivity contribution is 14.0. The van der Waals surface area contributed by atoms with Gasteiger partial charge in [0.05, 0.1) is 25.9 Å². The summed E-state index contributed by atoms with van der Waals surface area (Å²) in [4.78, 5) is 18.3. The van der Waals surface area contributed by atoms with Gasteiger partial charge in [-0.05, 0) is 32.3 Å². The average molecular weight is 540 g/mol. The van der Waals surface area contributed by atoms with E-state index in [9.17, 15) is 4.79 Å². The molecular formula is C22H33IN6O2. The first-order valence-corrected chi connectivity index (χ1v) is 10.7. The first kappa shape index (κ1) is 25.0. The fourth-order valence-electron chi connectivity index (χ4n) is 3.45. The molecule has 0 spiro atoms. The summed E-state index contributed by atoms with van der Waals surface area (Å²) in [5.74, 6) is 0.794. The minimum absolute atomic E-state index is 0. The molecule has 2 aromatic rings. The van der Waals surface area contributed by atoms with Gasteiger partial charge in [-0.1, -0.05) is 30.3 Å². The van der Waals surface area contributed by atoms with E-state index in [2.05, 4.69) is 34.8 Å². The largest absolute Gasteiger partial charge is 0.450 e. The summed E-state index contributed by atoms with van der Waals surface area (Å²) in [6, 6.07) is 10.6. The van der Waals surface area contributed by atoms with Crippen molar-refractivity contribution >= 4 is 36.0 Å². The Bertz CT molecular complexity index is 818. The van der Waals surface area contributed by atoms with Gasteiger partial charge in [-0.3, -0.25) is 4.68 Å². The van der Waals surface area contributed by atoms with E-state index in [0.717, 1.165) is 37.5 Å². The zero-order valence-corrected chi connectivity index (χ0v) is 20.6. The van der Waals surface area contributed by atoms with Crippen LogP contribution in [0.3, 0.4) is 0 Å². The van der Waals surface area contributed by atoms with Gasteiger partial charge in [0, 0.05) is 37.4 Å². The molecule has 0 bridgehead atoms. The third kappa shape index (κ3) is 8.04. The minimum atomic E-state index is -0.218. The summed E-state index contributed by atoms with van der Waals surface area (Å²) in [7, 11) is 0. The number of piperidine rings is 1. The van der Waals surface area contributed by atoms with E-state index < -0.39 is 0 Å². The van der Waals surface area contributed by atoms with Crippen LogP contribution in [-0.4, -0.2) is 59.0 Å². The zero-order valence-electron chi connectivity index (χ0n) is 18.3. The number of benzene rings is 1. The molecule has 1 saturated heterocycles. The van der Waals surface area contributed by atoms with Crippen molar-refractivity contribution in [1.82, 2.24) is 25.3 Å². The Labute approximate surface area is 201 Å². The van der Waals surface area contributed by atoms with Crippen molar-refractivity contribution < 1.29 is 9.53 Å². The van der Waals surface area contributed by atoms with Crippen LogP contribution >= 0.6 is 24.0 Å². The summed E-state index contributed by atoms with van der Waals surface area (Å²) in [5, 5.41) is 11.3. The van der Waals surface area contributed by atoms with Gasteiger partial charge in [-0.25, -0.2) is 9.79 Å². The summed E-state index contributed by atoms with van der Waals surface area (Å²) in [6.07, 6.45) is 5.44. The third-order valence-electron chi connectivity index (χ3n) is 5.00. The number of aliphatic imine (C=N–C) groups is 1. The predicted molar refractivity (Wildman–Crippen MR) is 133 cm³/mol. The third-order valence-corrected chi connectivity index (χ3v) is 5.00. The number of ether oxygens (including phenoxy) is 1. The van der Waals surface area contributed by atoms with E-state index in [0.29, 0.717) is 26.2 Å². The first-order chi connectivity index (χ1) is 14.7. The van der Waals surface area contributed by atoms with Crippen molar-refractivity contribution in [3.63, 3.8) is 0 Å². The maximum Gasteiger partial charge on any atom is 0.409 e. The van der Waals surface area contributed by atoms with Crippen LogP contribution in [0.25, 0.3) is 0 Å². The van der Waals surface area contributed by atoms with Crippen LogP contribution in [0.2, 0.25) is 0 Å². The summed E-state index contributed by atoms with van der Waals surface area (Å²) < 4.78 is 7.02. The topological polar surface area (TPSA) is 83.8 Å². The normalized spacial score (nSPS) is 14.6. The Morgan fingerprint density at radius 1 is 1.19 bits per heavy atom. The Kier molecular flexibility index (Phi) is 10.6. The molecule has 1 aliphatic rings. The number of rotatable bonds is 7. The van der Waals surface area contributed by atoms with Crippen LogP contribution < -0.4 is 10.6 Å². The summed E-state index contributed by atoms with van der Waals surface area (Å²) in [5.41, 5.74) is 2.29. The number of halogens is 1. The molecule has 3 rings (SSSR count). The van der Waals surface area contributed by atoms with Gasteiger partial charge in [-0.15, -0.1) is 24.0 Å². The molecular weight excluding hydrogens is 507 g/mol. The van der Waals surface area contributed by atoms with E-state index in [1.807, 2.05) is 42.2 Å². The van der Waals surface area contributed by atoms with Crippen LogP contribution in [0.4, 0.5) is 4.79 Å². The monoisotopic (exact) mass is 540 g/mol. The molecule has 0 unspecified atom stereocenters. The number of likely N-dealkylation sites (tertiary alicyclic amines) is 1. The maximum atomic E-state index is 11.8.